The van der Waals surface area contributed by atoms with E-state index in [0.29, 0.717) is 6.04 Å². The molecule has 2 nitrogen and oxygen atoms in total. The molecule has 1 heterocycles. The molecule has 1 rings (SSSR count). The van der Waals surface area contributed by atoms with Gasteiger partial charge in [0.25, 0.3) is 0 Å². The number of hydrogen-bond donors (Lipinski definition) is 1. The highest BCUT2D eigenvalue weighted by atomic mass is 15.2. The van der Waals surface area contributed by atoms with Crippen LogP contribution in [0.4, 0.5) is 0 Å². The van der Waals surface area contributed by atoms with E-state index in [1.54, 1.807) is 0 Å². The zero-order valence-corrected chi connectivity index (χ0v) is 11.3. The largest absolute Gasteiger partial charge is 0.329 e. The van der Waals surface area contributed by atoms with E-state index in [4.69, 9.17) is 5.73 Å². The molecule has 0 saturated carbocycles. The molecule has 0 aromatic heterocycles. The molecular weight excluding hydrogens is 196 g/mol. The van der Waals surface area contributed by atoms with Crippen molar-refractivity contribution in [3.8, 4) is 0 Å². The second-order valence-corrected chi connectivity index (χ2v) is 5.18. The van der Waals surface area contributed by atoms with Crippen LogP contribution in [0.3, 0.4) is 0 Å². The number of hydrogen-bond acceptors (Lipinski definition) is 2. The molecule has 1 aliphatic heterocycles. The summed E-state index contributed by atoms with van der Waals surface area (Å²) >= 11 is 0. The lowest BCUT2D eigenvalue weighted by atomic mass is 9.92. The van der Waals surface area contributed by atoms with Crippen molar-refractivity contribution < 1.29 is 0 Å². The average molecular weight is 226 g/mol. The molecule has 0 radical (unpaired) electrons. The molecular formula is C14H30N2. The Bertz CT molecular complexity index is 158. The lowest BCUT2D eigenvalue weighted by molar-refractivity contribution is 0.128. The third-order valence-electron chi connectivity index (χ3n) is 4.19. The fraction of sp³-hybridized carbons (Fsp3) is 1.00. The van der Waals surface area contributed by atoms with E-state index in [1.165, 1.54) is 58.0 Å². The molecule has 0 aromatic carbocycles. The summed E-state index contributed by atoms with van der Waals surface area (Å²) in [5.41, 5.74) is 6.00. The Morgan fingerprint density at radius 1 is 0.938 bits per heavy atom. The van der Waals surface area contributed by atoms with Crippen LogP contribution < -0.4 is 5.73 Å². The topological polar surface area (TPSA) is 29.3 Å². The van der Waals surface area contributed by atoms with Crippen LogP contribution in [0.5, 0.6) is 0 Å². The van der Waals surface area contributed by atoms with Crippen molar-refractivity contribution in [2.24, 2.45) is 11.7 Å². The van der Waals surface area contributed by atoms with Crippen molar-refractivity contribution in [1.82, 2.24) is 4.90 Å². The predicted octanol–water partition coefficient (Wildman–Crippen LogP) is 3.02. The van der Waals surface area contributed by atoms with Gasteiger partial charge in [-0.1, -0.05) is 46.0 Å². The van der Waals surface area contributed by atoms with Crippen molar-refractivity contribution in [3.05, 3.63) is 0 Å². The molecule has 0 bridgehead atoms. The lowest BCUT2D eigenvalue weighted by Gasteiger charge is -2.37. The smallest absolute Gasteiger partial charge is 0.0246 e. The van der Waals surface area contributed by atoms with Crippen LogP contribution in [0.2, 0.25) is 0 Å². The van der Waals surface area contributed by atoms with Crippen molar-refractivity contribution in [2.45, 2.75) is 64.8 Å². The summed E-state index contributed by atoms with van der Waals surface area (Å²) in [6.45, 7) is 8.00. The van der Waals surface area contributed by atoms with Gasteiger partial charge in [0.2, 0.25) is 0 Å². The number of likely N-dealkylation sites (tertiary alicyclic amines) is 1. The van der Waals surface area contributed by atoms with Crippen LogP contribution in [0.25, 0.3) is 0 Å². The average Bonchev–Trinajstić information content (AvgIpc) is 2.26. The van der Waals surface area contributed by atoms with E-state index >= 15 is 0 Å². The van der Waals surface area contributed by atoms with Crippen molar-refractivity contribution in [1.29, 1.82) is 0 Å². The summed E-state index contributed by atoms with van der Waals surface area (Å²) in [7, 11) is 0. The zero-order chi connectivity index (χ0) is 11.8. The third-order valence-corrected chi connectivity index (χ3v) is 4.19. The number of nitrogens with two attached hydrogens (primary N) is 1. The lowest BCUT2D eigenvalue weighted by Crippen LogP contribution is -2.46. The maximum atomic E-state index is 6.00. The van der Waals surface area contributed by atoms with E-state index in [2.05, 4.69) is 18.7 Å². The Labute approximate surface area is 102 Å². The van der Waals surface area contributed by atoms with E-state index < -0.39 is 0 Å². The van der Waals surface area contributed by atoms with Gasteiger partial charge in [0.1, 0.15) is 0 Å². The van der Waals surface area contributed by atoms with E-state index in [0.717, 1.165) is 12.5 Å². The Kier molecular flexibility index (Phi) is 7.06. The maximum absolute atomic E-state index is 6.00. The highest BCUT2D eigenvalue weighted by Gasteiger charge is 2.23. The minimum atomic E-state index is 0.632. The molecule has 2 heteroatoms. The summed E-state index contributed by atoms with van der Waals surface area (Å²) in [6.07, 6.45) is 9.55. The quantitative estimate of drug-likeness (QED) is 0.781. The van der Waals surface area contributed by atoms with Crippen molar-refractivity contribution in [2.75, 3.05) is 19.6 Å². The van der Waals surface area contributed by atoms with Crippen LogP contribution in [-0.4, -0.2) is 30.6 Å². The molecule has 0 spiro atoms. The summed E-state index contributed by atoms with van der Waals surface area (Å²) < 4.78 is 0. The van der Waals surface area contributed by atoms with Gasteiger partial charge < -0.3 is 5.73 Å². The molecule has 2 N–H and O–H groups in total. The monoisotopic (exact) mass is 226 g/mol. The summed E-state index contributed by atoms with van der Waals surface area (Å²) in [4.78, 5) is 2.68. The normalized spacial score (nSPS) is 21.8. The summed E-state index contributed by atoms with van der Waals surface area (Å²) in [6, 6.07) is 0.632. The summed E-state index contributed by atoms with van der Waals surface area (Å²) in [5, 5.41) is 0. The van der Waals surface area contributed by atoms with Crippen molar-refractivity contribution >= 4 is 0 Å². The molecule has 0 aromatic rings. The van der Waals surface area contributed by atoms with Gasteiger partial charge in [-0.15, -0.1) is 0 Å². The van der Waals surface area contributed by atoms with E-state index in [-0.39, 0.29) is 0 Å². The van der Waals surface area contributed by atoms with E-state index in [9.17, 15) is 0 Å². The molecule has 1 aliphatic rings. The minimum absolute atomic E-state index is 0.632. The third kappa shape index (κ3) is 4.06. The van der Waals surface area contributed by atoms with Crippen LogP contribution in [0.15, 0.2) is 0 Å². The fourth-order valence-electron chi connectivity index (χ4n) is 3.08. The number of nitrogens with zero attached hydrogens (tertiary/aromatic N) is 1. The fourth-order valence-corrected chi connectivity index (χ4v) is 3.08. The Balaban J connectivity index is 2.53. The summed E-state index contributed by atoms with van der Waals surface area (Å²) in [5.74, 6) is 0.796. The highest BCUT2D eigenvalue weighted by Crippen LogP contribution is 2.21. The van der Waals surface area contributed by atoms with Gasteiger partial charge in [-0.3, -0.25) is 4.90 Å². The first-order valence-electron chi connectivity index (χ1n) is 7.27. The Morgan fingerprint density at radius 2 is 1.44 bits per heavy atom. The molecule has 0 amide bonds. The van der Waals surface area contributed by atoms with E-state index in [1.807, 2.05) is 0 Å². The van der Waals surface area contributed by atoms with Crippen LogP contribution in [-0.2, 0) is 0 Å². The van der Waals surface area contributed by atoms with Gasteiger partial charge in [0, 0.05) is 12.6 Å². The van der Waals surface area contributed by atoms with Crippen LogP contribution in [0, 0.1) is 5.92 Å². The van der Waals surface area contributed by atoms with Crippen LogP contribution in [0.1, 0.15) is 58.8 Å². The standard InChI is InChI=1S/C14H30N2/c1-3-13(4-2)14(12-15)16-10-8-6-5-7-9-11-16/h13-14H,3-12,15H2,1-2H3. The molecule has 16 heavy (non-hydrogen) atoms. The minimum Gasteiger partial charge on any atom is -0.329 e. The van der Waals surface area contributed by atoms with Gasteiger partial charge in [-0.2, -0.15) is 0 Å². The SMILES string of the molecule is CCC(CC)C(CN)N1CCCCCCC1. The van der Waals surface area contributed by atoms with Crippen molar-refractivity contribution in [3.63, 3.8) is 0 Å². The Morgan fingerprint density at radius 3 is 1.88 bits per heavy atom. The van der Waals surface area contributed by atoms with Crippen LogP contribution >= 0.6 is 0 Å². The predicted molar refractivity (Wildman–Crippen MR) is 71.6 cm³/mol. The molecule has 0 aliphatic carbocycles. The first kappa shape index (κ1) is 14.0. The highest BCUT2D eigenvalue weighted by molar-refractivity contribution is 4.80. The number of rotatable bonds is 5. The zero-order valence-electron chi connectivity index (χ0n) is 11.3. The maximum Gasteiger partial charge on any atom is 0.0246 e. The molecule has 1 atom stereocenters. The molecule has 96 valence electrons. The molecule has 1 unspecified atom stereocenters. The first-order chi connectivity index (χ1) is 7.83. The second kappa shape index (κ2) is 8.08. The van der Waals surface area contributed by atoms with Gasteiger partial charge in [-0.25, -0.2) is 0 Å². The van der Waals surface area contributed by atoms with Gasteiger partial charge in [0.15, 0.2) is 0 Å². The molecule has 1 saturated heterocycles. The van der Waals surface area contributed by atoms with Gasteiger partial charge in [-0.05, 0) is 31.8 Å². The molecule has 1 fully saturated rings. The second-order valence-electron chi connectivity index (χ2n) is 5.18. The van der Waals surface area contributed by atoms with Gasteiger partial charge >= 0.3 is 0 Å². The first-order valence-corrected chi connectivity index (χ1v) is 7.27. The van der Waals surface area contributed by atoms with Gasteiger partial charge in [0.05, 0.1) is 0 Å². The Hall–Kier alpha value is -0.0800.